The van der Waals surface area contributed by atoms with E-state index in [9.17, 15) is 4.79 Å². The van der Waals surface area contributed by atoms with Crippen LogP contribution in [0.3, 0.4) is 0 Å². The van der Waals surface area contributed by atoms with Crippen molar-refractivity contribution in [1.82, 2.24) is 5.32 Å². The number of amides is 1. The van der Waals surface area contributed by atoms with E-state index in [1.807, 2.05) is 13.8 Å². The van der Waals surface area contributed by atoms with Gasteiger partial charge in [0.15, 0.2) is 0 Å². The molecule has 1 amide bonds. The lowest BCUT2D eigenvalue weighted by atomic mass is 10.2. The molecule has 0 fully saturated rings. The lowest BCUT2D eigenvalue weighted by Crippen LogP contribution is -2.43. The van der Waals surface area contributed by atoms with E-state index in [0.717, 1.165) is 0 Å². The molecule has 4 heteroatoms. The summed E-state index contributed by atoms with van der Waals surface area (Å²) in [5, 5.41) is 2.97. The van der Waals surface area contributed by atoms with Gasteiger partial charge in [0.2, 0.25) is 5.91 Å². The maximum absolute atomic E-state index is 11.7. The van der Waals surface area contributed by atoms with E-state index < -0.39 is 0 Å². The molecule has 0 saturated heterocycles. The van der Waals surface area contributed by atoms with Gasteiger partial charge in [-0.3, -0.25) is 4.79 Å². The second-order valence-corrected chi connectivity index (χ2v) is 6.22. The molecule has 0 unspecified atom stereocenters. The van der Waals surface area contributed by atoms with Crippen molar-refractivity contribution in [3.63, 3.8) is 0 Å². The molecular weight excluding hydrogens is 242 g/mol. The first-order valence-electron chi connectivity index (χ1n) is 7.28. The van der Waals surface area contributed by atoms with E-state index in [0.29, 0.717) is 38.3 Å². The van der Waals surface area contributed by atoms with Crippen LogP contribution in [-0.4, -0.2) is 38.4 Å². The van der Waals surface area contributed by atoms with Gasteiger partial charge < -0.3 is 14.8 Å². The Balaban J connectivity index is 4.10. The predicted molar refractivity (Wildman–Crippen MR) is 78.1 cm³/mol. The quantitative estimate of drug-likeness (QED) is 0.665. The molecule has 0 atom stereocenters. The van der Waals surface area contributed by atoms with Crippen LogP contribution in [0.4, 0.5) is 0 Å². The molecule has 1 N–H and O–H groups in total. The van der Waals surface area contributed by atoms with Crippen molar-refractivity contribution < 1.29 is 14.3 Å². The Morgan fingerprint density at radius 1 is 0.842 bits per heavy atom. The fourth-order valence-electron chi connectivity index (χ4n) is 1.39. The van der Waals surface area contributed by atoms with Crippen molar-refractivity contribution in [2.45, 2.75) is 47.6 Å². The molecule has 0 bridgehead atoms. The zero-order valence-electron chi connectivity index (χ0n) is 13.4. The molecule has 0 saturated carbocycles. The first-order valence-corrected chi connectivity index (χ1v) is 7.28. The van der Waals surface area contributed by atoms with Crippen molar-refractivity contribution in [3.8, 4) is 0 Å². The average Bonchev–Trinajstić information content (AvgIpc) is 2.27. The zero-order chi connectivity index (χ0) is 14.8. The molecule has 0 rings (SSSR count). The van der Waals surface area contributed by atoms with Crippen LogP contribution in [0.1, 0.15) is 41.5 Å². The summed E-state index contributed by atoms with van der Waals surface area (Å²) in [5.41, 5.74) is 0. The molecule has 0 radical (unpaired) electrons. The number of hydrogen-bond donors (Lipinski definition) is 1. The molecule has 0 aromatic carbocycles. The topological polar surface area (TPSA) is 47.6 Å². The molecule has 0 aromatic heterocycles. The normalized spacial score (nSPS) is 11.9. The van der Waals surface area contributed by atoms with Gasteiger partial charge in [-0.2, -0.15) is 0 Å². The molecule has 0 aliphatic carbocycles. The van der Waals surface area contributed by atoms with Gasteiger partial charge in [-0.15, -0.1) is 0 Å². The van der Waals surface area contributed by atoms with Crippen molar-refractivity contribution in [3.05, 3.63) is 0 Å². The molecule has 0 aliphatic rings. The summed E-state index contributed by atoms with van der Waals surface area (Å²) in [6.07, 6.45) is 0. The van der Waals surface area contributed by atoms with E-state index in [2.05, 4.69) is 33.0 Å². The van der Waals surface area contributed by atoms with Gasteiger partial charge in [-0.1, -0.05) is 41.5 Å². The highest BCUT2D eigenvalue weighted by molar-refractivity contribution is 5.78. The van der Waals surface area contributed by atoms with Crippen LogP contribution in [0.5, 0.6) is 0 Å². The van der Waals surface area contributed by atoms with Crippen molar-refractivity contribution in [1.29, 1.82) is 0 Å². The van der Waals surface area contributed by atoms with Crippen LogP contribution >= 0.6 is 0 Å². The minimum absolute atomic E-state index is 0.0160. The average molecular weight is 273 g/mol. The third-order valence-corrected chi connectivity index (χ3v) is 2.41. The number of carbonyl (C=O) groups excluding carboxylic acids is 1. The summed E-state index contributed by atoms with van der Waals surface area (Å²) in [7, 11) is 0. The Bertz CT molecular complexity index is 226. The highest BCUT2D eigenvalue weighted by Gasteiger charge is 2.15. The molecule has 0 aromatic rings. The van der Waals surface area contributed by atoms with Gasteiger partial charge in [0.25, 0.3) is 0 Å². The molecule has 19 heavy (non-hydrogen) atoms. The minimum Gasteiger partial charge on any atom is -0.379 e. The molecule has 0 heterocycles. The van der Waals surface area contributed by atoms with E-state index >= 15 is 0 Å². The van der Waals surface area contributed by atoms with Gasteiger partial charge in [0.1, 0.15) is 0 Å². The van der Waals surface area contributed by atoms with Gasteiger partial charge in [0, 0.05) is 19.1 Å². The third kappa shape index (κ3) is 11.0. The Morgan fingerprint density at radius 3 is 1.58 bits per heavy atom. The fraction of sp³-hybridized carbons (Fsp3) is 0.933. The lowest BCUT2D eigenvalue weighted by Gasteiger charge is -2.21. The molecule has 0 aliphatic heterocycles. The van der Waals surface area contributed by atoms with E-state index in [1.54, 1.807) is 0 Å². The first-order chi connectivity index (χ1) is 8.82. The summed E-state index contributed by atoms with van der Waals surface area (Å²) < 4.78 is 11.2. The van der Waals surface area contributed by atoms with Crippen LogP contribution in [0.2, 0.25) is 0 Å². The van der Waals surface area contributed by atoms with Crippen LogP contribution in [0.25, 0.3) is 0 Å². The number of hydrogen-bond acceptors (Lipinski definition) is 3. The van der Waals surface area contributed by atoms with Gasteiger partial charge >= 0.3 is 0 Å². The van der Waals surface area contributed by atoms with E-state index in [4.69, 9.17) is 9.47 Å². The summed E-state index contributed by atoms with van der Waals surface area (Å²) in [4.78, 5) is 11.7. The number of carbonyl (C=O) groups is 1. The maximum Gasteiger partial charge on any atom is 0.222 e. The van der Waals surface area contributed by atoms with Gasteiger partial charge in [-0.05, 0) is 11.8 Å². The van der Waals surface area contributed by atoms with Crippen LogP contribution in [-0.2, 0) is 14.3 Å². The highest BCUT2D eigenvalue weighted by atomic mass is 16.5. The van der Waals surface area contributed by atoms with Crippen molar-refractivity contribution in [2.75, 3.05) is 26.4 Å². The first kappa shape index (κ1) is 18.4. The second kappa shape index (κ2) is 10.2. The smallest absolute Gasteiger partial charge is 0.222 e. The second-order valence-electron chi connectivity index (χ2n) is 6.22. The molecular formula is C15H31NO3. The third-order valence-electron chi connectivity index (χ3n) is 2.41. The van der Waals surface area contributed by atoms with Gasteiger partial charge in [0.05, 0.1) is 19.3 Å². The summed E-state index contributed by atoms with van der Waals surface area (Å²) in [6, 6.07) is -0.0626. The Morgan fingerprint density at radius 2 is 1.26 bits per heavy atom. The Labute approximate surface area is 118 Å². The summed E-state index contributed by atoms with van der Waals surface area (Å²) in [6.45, 7) is 14.6. The standard InChI is InChI=1S/C15H31NO3/c1-11(2)7-18-9-14(10-19-8-12(3)4)16-15(17)13(5)6/h11-14H,7-10H2,1-6H3,(H,16,17). The SMILES string of the molecule is CC(C)COCC(COCC(C)C)NC(=O)C(C)C. The maximum atomic E-state index is 11.7. The largest absolute Gasteiger partial charge is 0.379 e. The molecule has 114 valence electrons. The Hall–Kier alpha value is -0.610. The number of ether oxygens (including phenoxy) is 2. The monoisotopic (exact) mass is 273 g/mol. The molecule has 0 spiro atoms. The number of nitrogens with one attached hydrogen (secondary N) is 1. The predicted octanol–water partition coefficient (Wildman–Crippen LogP) is 2.47. The summed E-state index contributed by atoms with van der Waals surface area (Å²) >= 11 is 0. The fourth-order valence-corrected chi connectivity index (χ4v) is 1.39. The van der Waals surface area contributed by atoms with Gasteiger partial charge in [-0.25, -0.2) is 0 Å². The zero-order valence-corrected chi connectivity index (χ0v) is 13.4. The van der Waals surface area contributed by atoms with E-state index in [1.165, 1.54) is 0 Å². The van der Waals surface area contributed by atoms with Crippen LogP contribution < -0.4 is 5.32 Å². The Kier molecular flexibility index (Phi) is 9.88. The minimum atomic E-state index is -0.0626. The summed E-state index contributed by atoms with van der Waals surface area (Å²) in [5.74, 6) is 1.03. The van der Waals surface area contributed by atoms with Crippen LogP contribution in [0, 0.1) is 17.8 Å². The van der Waals surface area contributed by atoms with Crippen molar-refractivity contribution >= 4 is 5.91 Å². The van der Waals surface area contributed by atoms with E-state index in [-0.39, 0.29) is 17.9 Å². The number of rotatable bonds is 10. The lowest BCUT2D eigenvalue weighted by molar-refractivity contribution is -0.125. The highest BCUT2D eigenvalue weighted by Crippen LogP contribution is 2.00. The van der Waals surface area contributed by atoms with Crippen LogP contribution in [0.15, 0.2) is 0 Å². The van der Waals surface area contributed by atoms with Crippen molar-refractivity contribution in [2.24, 2.45) is 17.8 Å². The molecule has 4 nitrogen and oxygen atoms in total.